The molecule has 0 saturated heterocycles. The van der Waals surface area contributed by atoms with E-state index in [9.17, 15) is 9.90 Å². The molecule has 5 nitrogen and oxygen atoms in total. The third-order valence-electron chi connectivity index (χ3n) is 5.43. The number of hydrogen-bond donors (Lipinski definition) is 2. The first-order valence-electron chi connectivity index (χ1n) is 8.74. The Bertz CT molecular complexity index is 776. The highest BCUT2D eigenvalue weighted by Crippen LogP contribution is 2.42. The lowest BCUT2D eigenvalue weighted by atomic mass is 9.80. The van der Waals surface area contributed by atoms with Gasteiger partial charge in [0.2, 0.25) is 5.91 Å². The normalized spacial score (nSPS) is 20.2. The standard InChI is InChI=1S/C18H22ClN3O2/c19-13-6-9-22-14(10-13)16(12-4-3-5-12)17(21-22)20-15(23)11-18(24)7-1-2-8-18/h6,9-10,12,24H,1-5,7-8,11H2,(H,20,21,23). The molecule has 2 aromatic rings. The molecule has 0 spiro atoms. The number of nitrogens with one attached hydrogen (secondary N) is 1. The van der Waals surface area contributed by atoms with Gasteiger partial charge >= 0.3 is 0 Å². The smallest absolute Gasteiger partial charge is 0.228 e. The number of hydrogen-bond acceptors (Lipinski definition) is 3. The first-order valence-corrected chi connectivity index (χ1v) is 9.12. The minimum Gasteiger partial charge on any atom is -0.389 e. The third-order valence-corrected chi connectivity index (χ3v) is 5.67. The van der Waals surface area contributed by atoms with E-state index in [1.54, 1.807) is 10.6 Å². The molecule has 128 valence electrons. The van der Waals surface area contributed by atoms with E-state index in [0.717, 1.165) is 36.8 Å². The largest absolute Gasteiger partial charge is 0.389 e. The van der Waals surface area contributed by atoms with Gasteiger partial charge in [0, 0.05) is 16.8 Å². The first kappa shape index (κ1) is 15.9. The number of carbonyl (C=O) groups excluding carboxylic acids is 1. The fourth-order valence-electron chi connectivity index (χ4n) is 3.91. The van der Waals surface area contributed by atoms with Crippen LogP contribution in [0.4, 0.5) is 5.82 Å². The molecule has 2 saturated carbocycles. The molecular formula is C18H22ClN3O2. The lowest BCUT2D eigenvalue weighted by molar-refractivity contribution is -0.120. The summed E-state index contributed by atoms with van der Waals surface area (Å²) < 4.78 is 1.78. The lowest BCUT2D eigenvalue weighted by Crippen LogP contribution is -2.31. The van der Waals surface area contributed by atoms with Gasteiger partial charge in [-0.05, 0) is 43.7 Å². The van der Waals surface area contributed by atoms with Gasteiger partial charge in [-0.25, -0.2) is 4.52 Å². The van der Waals surface area contributed by atoms with Crippen LogP contribution in [0.15, 0.2) is 18.3 Å². The van der Waals surface area contributed by atoms with Crippen molar-refractivity contribution in [3.05, 3.63) is 28.9 Å². The van der Waals surface area contributed by atoms with Crippen molar-refractivity contribution in [1.82, 2.24) is 9.61 Å². The number of amides is 1. The summed E-state index contributed by atoms with van der Waals surface area (Å²) in [6.07, 6.45) is 8.78. The topological polar surface area (TPSA) is 66.6 Å². The fourth-order valence-corrected chi connectivity index (χ4v) is 4.07. The summed E-state index contributed by atoms with van der Waals surface area (Å²) in [5.41, 5.74) is 1.20. The van der Waals surface area contributed by atoms with E-state index in [4.69, 9.17) is 11.6 Å². The summed E-state index contributed by atoms with van der Waals surface area (Å²) in [7, 11) is 0. The van der Waals surface area contributed by atoms with Gasteiger partial charge in [-0.2, -0.15) is 0 Å². The van der Waals surface area contributed by atoms with E-state index in [2.05, 4.69) is 10.4 Å². The van der Waals surface area contributed by atoms with Gasteiger partial charge in [0.15, 0.2) is 5.82 Å². The molecule has 2 aliphatic carbocycles. The maximum Gasteiger partial charge on any atom is 0.228 e. The van der Waals surface area contributed by atoms with Crippen molar-refractivity contribution in [3.63, 3.8) is 0 Å². The summed E-state index contributed by atoms with van der Waals surface area (Å²) in [6.45, 7) is 0. The second-order valence-corrected chi connectivity index (χ2v) is 7.66. The molecule has 6 heteroatoms. The van der Waals surface area contributed by atoms with Gasteiger partial charge < -0.3 is 10.4 Å². The number of aromatic nitrogens is 2. The fraction of sp³-hybridized carbons (Fsp3) is 0.556. The molecule has 0 aromatic carbocycles. The first-order chi connectivity index (χ1) is 11.5. The highest BCUT2D eigenvalue weighted by molar-refractivity contribution is 6.30. The Balaban J connectivity index is 1.62. The number of nitrogens with zero attached hydrogens (tertiary/aromatic N) is 2. The quantitative estimate of drug-likeness (QED) is 0.881. The molecule has 0 unspecified atom stereocenters. The van der Waals surface area contributed by atoms with Crippen LogP contribution >= 0.6 is 11.6 Å². The van der Waals surface area contributed by atoms with Crippen molar-refractivity contribution in [3.8, 4) is 0 Å². The predicted octanol–water partition coefficient (Wildman–Crippen LogP) is 3.89. The molecule has 0 bridgehead atoms. The monoisotopic (exact) mass is 347 g/mol. The molecule has 2 fully saturated rings. The van der Waals surface area contributed by atoms with Gasteiger partial charge in [0.1, 0.15) is 0 Å². The maximum absolute atomic E-state index is 12.5. The number of aliphatic hydroxyl groups is 1. The summed E-state index contributed by atoms with van der Waals surface area (Å²) in [5, 5.41) is 18.6. The second kappa shape index (κ2) is 6.05. The third kappa shape index (κ3) is 2.91. The lowest BCUT2D eigenvalue weighted by Gasteiger charge is -2.26. The van der Waals surface area contributed by atoms with Crippen LogP contribution in [0.1, 0.15) is 62.8 Å². The van der Waals surface area contributed by atoms with Crippen LogP contribution in [0.5, 0.6) is 0 Å². The summed E-state index contributed by atoms with van der Waals surface area (Å²) in [4.78, 5) is 12.5. The zero-order chi connectivity index (χ0) is 16.7. The average Bonchev–Trinajstić information content (AvgIpc) is 3.02. The predicted molar refractivity (Wildman–Crippen MR) is 93.5 cm³/mol. The van der Waals surface area contributed by atoms with Crippen molar-refractivity contribution >= 4 is 28.8 Å². The van der Waals surface area contributed by atoms with Crippen LogP contribution in [0.2, 0.25) is 5.02 Å². The van der Waals surface area contributed by atoms with E-state index < -0.39 is 5.60 Å². The summed E-state index contributed by atoms with van der Waals surface area (Å²) in [5.74, 6) is 0.883. The van der Waals surface area contributed by atoms with Crippen molar-refractivity contribution in [2.45, 2.75) is 62.9 Å². The minimum absolute atomic E-state index is 0.145. The van der Waals surface area contributed by atoms with E-state index >= 15 is 0 Å². The van der Waals surface area contributed by atoms with Crippen molar-refractivity contribution < 1.29 is 9.90 Å². The average molecular weight is 348 g/mol. The highest BCUT2D eigenvalue weighted by Gasteiger charge is 2.34. The molecule has 2 aromatic heterocycles. The Kier molecular flexibility index (Phi) is 4.01. The number of pyridine rings is 1. The molecule has 2 N–H and O–H groups in total. The van der Waals surface area contributed by atoms with Crippen LogP contribution in [0.25, 0.3) is 5.52 Å². The highest BCUT2D eigenvalue weighted by atomic mass is 35.5. The van der Waals surface area contributed by atoms with Gasteiger partial charge in [-0.3, -0.25) is 4.79 Å². The summed E-state index contributed by atoms with van der Waals surface area (Å²) in [6, 6.07) is 3.70. The second-order valence-electron chi connectivity index (χ2n) is 7.22. The van der Waals surface area contributed by atoms with E-state index in [0.29, 0.717) is 29.6 Å². The maximum atomic E-state index is 12.5. The number of carbonyl (C=O) groups is 1. The molecule has 0 atom stereocenters. The molecule has 4 rings (SSSR count). The van der Waals surface area contributed by atoms with Gasteiger partial charge in [0.05, 0.1) is 17.5 Å². The van der Waals surface area contributed by atoms with Crippen molar-refractivity contribution in [2.24, 2.45) is 0 Å². The molecule has 2 aliphatic rings. The van der Waals surface area contributed by atoms with Crippen LogP contribution in [0.3, 0.4) is 0 Å². The van der Waals surface area contributed by atoms with Crippen LogP contribution in [-0.4, -0.2) is 26.2 Å². The van der Waals surface area contributed by atoms with Crippen molar-refractivity contribution in [1.29, 1.82) is 0 Å². The SMILES string of the molecule is O=C(CC1(O)CCCC1)Nc1nn2ccc(Cl)cc2c1C1CCC1. The minimum atomic E-state index is -0.844. The molecular weight excluding hydrogens is 326 g/mol. The number of anilines is 1. The van der Waals surface area contributed by atoms with Crippen LogP contribution in [0, 0.1) is 0 Å². The van der Waals surface area contributed by atoms with E-state index in [1.807, 2.05) is 12.3 Å². The van der Waals surface area contributed by atoms with Gasteiger partial charge in [-0.1, -0.05) is 30.9 Å². The van der Waals surface area contributed by atoms with Gasteiger partial charge in [-0.15, -0.1) is 5.10 Å². The Morgan fingerprint density at radius 2 is 2.12 bits per heavy atom. The molecule has 0 radical (unpaired) electrons. The molecule has 1 amide bonds. The number of fused-ring (bicyclic) bond motifs is 1. The zero-order valence-electron chi connectivity index (χ0n) is 13.6. The Labute approximate surface area is 146 Å². The molecule has 24 heavy (non-hydrogen) atoms. The van der Waals surface area contributed by atoms with Gasteiger partial charge in [0.25, 0.3) is 0 Å². The Morgan fingerprint density at radius 1 is 1.38 bits per heavy atom. The van der Waals surface area contributed by atoms with Crippen molar-refractivity contribution in [2.75, 3.05) is 5.32 Å². The molecule has 0 aliphatic heterocycles. The zero-order valence-corrected chi connectivity index (χ0v) is 14.4. The Morgan fingerprint density at radius 3 is 2.79 bits per heavy atom. The molecule has 2 heterocycles. The number of rotatable bonds is 4. The van der Waals surface area contributed by atoms with E-state index in [-0.39, 0.29) is 12.3 Å². The number of halogens is 1. The summed E-state index contributed by atoms with van der Waals surface area (Å²) >= 11 is 6.14. The van der Waals surface area contributed by atoms with Crippen LogP contribution < -0.4 is 5.32 Å². The van der Waals surface area contributed by atoms with E-state index in [1.165, 1.54) is 6.42 Å². The van der Waals surface area contributed by atoms with Crippen LogP contribution in [-0.2, 0) is 4.79 Å². The Hall–Kier alpha value is -1.59.